The Kier molecular flexibility index (Phi) is 3.81. The molecule has 0 heterocycles. The Morgan fingerprint density at radius 1 is 1.11 bits per heavy atom. The smallest absolute Gasteiger partial charge is 0.131 e. The molecule has 94 valence electrons. The molecule has 5 heteroatoms. The summed E-state index contributed by atoms with van der Waals surface area (Å²) in [7, 11) is 0. The summed E-state index contributed by atoms with van der Waals surface area (Å²) in [6.07, 6.45) is 0. The van der Waals surface area contributed by atoms with Crippen LogP contribution in [0.2, 0.25) is 0 Å². The fourth-order valence-corrected chi connectivity index (χ4v) is 1.93. The third kappa shape index (κ3) is 2.98. The van der Waals surface area contributed by atoms with Crippen LogP contribution in [-0.2, 0) is 6.54 Å². The van der Waals surface area contributed by atoms with Crippen LogP contribution >= 0.6 is 15.9 Å². The lowest BCUT2D eigenvalue weighted by Crippen LogP contribution is -2.04. The average Bonchev–Trinajstić information content (AvgIpc) is 2.30. The van der Waals surface area contributed by atoms with E-state index in [9.17, 15) is 8.78 Å². The summed E-state index contributed by atoms with van der Waals surface area (Å²) in [6, 6.07) is 8.88. The molecule has 0 saturated heterocycles. The van der Waals surface area contributed by atoms with Gasteiger partial charge in [0.25, 0.3) is 0 Å². The van der Waals surface area contributed by atoms with E-state index in [4.69, 9.17) is 5.73 Å². The molecule has 3 N–H and O–H groups in total. The van der Waals surface area contributed by atoms with Gasteiger partial charge in [-0.3, -0.25) is 0 Å². The highest BCUT2D eigenvalue weighted by molar-refractivity contribution is 9.10. The number of rotatable bonds is 3. The Balaban J connectivity index is 2.11. The third-order valence-electron chi connectivity index (χ3n) is 2.50. The molecule has 2 rings (SSSR count). The first kappa shape index (κ1) is 12.8. The van der Waals surface area contributed by atoms with Crippen molar-refractivity contribution in [2.24, 2.45) is 0 Å². The zero-order valence-electron chi connectivity index (χ0n) is 9.38. The molecule has 0 unspecified atom stereocenters. The van der Waals surface area contributed by atoms with Gasteiger partial charge in [0.15, 0.2) is 0 Å². The minimum atomic E-state index is -0.584. The summed E-state index contributed by atoms with van der Waals surface area (Å²) in [5, 5.41) is 3.01. The molecule has 2 aromatic rings. The second-order valence-electron chi connectivity index (χ2n) is 3.82. The van der Waals surface area contributed by atoms with Crippen LogP contribution in [-0.4, -0.2) is 0 Å². The van der Waals surface area contributed by atoms with Crippen molar-refractivity contribution in [3.63, 3.8) is 0 Å². The normalized spacial score (nSPS) is 10.4. The molecule has 0 radical (unpaired) electrons. The lowest BCUT2D eigenvalue weighted by Gasteiger charge is -2.10. The van der Waals surface area contributed by atoms with Gasteiger partial charge >= 0.3 is 0 Å². The summed E-state index contributed by atoms with van der Waals surface area (Å²) in [6.45, 7) is 0.248. The Morgan fingerprint density at radius 2 is 1.89 bits per heavy atom. The van der Waals surface area contributed by atoms with E-state index in [0.29, 0.717) is 16.9 Å². The predicted octanol–water partition coefficient (Wildman–Crippen LogP) is 3.92. The number of benzene rings is 2. The lowest BCUT2D eigenvalue weighted by molar-refractivity contribution is 0.574. The molecule has 0 aliphatic heterocycles. The minimum absolute atomic E-state index is 0.248. The van der Waals surface area contributed by atoms with Crippen LogP contribution in [0.1, 0.15) is 5.56 Å². The van der Waals surface area contributed by atoms with E-state index in [-0.39, 0.29) is 6.54 Å². The Labute approximate surface area is 112 Å². The fraction of sp³-hybridized carbons (Fsp3) is 0.0769. The zero-order chi connectivity index (χ0) is 13.1. The molecular formula is C13H11BrF2N2. The van der Waals surface area contributed by atoms with Crippen LogP contribution in [0.3, 0.4) is 0 Å². The van der Waals surface area contributed by atoms with Gasteiger partial charge in [0.05, 0.1) is 11.4 Å². The van der Waals surface area contributed by atoms with Crippen molar-refractivity contribution in [2.75, 3.05) is 11.1 Å². The predicted molar refractivity (Wildman–Crippen MR) is 72.2 cm³/mol. The molecule has 2 nitrogen and oxygen atoms in total. The highest BCUT2D eigenvalue weighted by Crippen LogP contribution is 2.23. The van der Waals surface area contributed by atoms with E-state index in [1.54, 1.807) is 12.1 Å². The maximum absolute atomic E-state index is 13.4. The van der Waals surface area contributed by atoms with Crippen molar-refractivity contribution >= 4 is 27.3 Å². The molecule has 0 saturated carbocycles. The van der Waals surface area contributed by atoms with Gasteiger partial charge in [0.2, 0.25) is 0 Å². The van der Waals surface area contributed by atoms with Crippen molar-refractivity contribution in [3.05, 3.63) is 58.1 Å². The average molecular weight is 313 g/mol. The molecule has 0 spiro atoms. The van der Waals surface area contributed by atoms with E-state index in [2.05, 4.69) is 21.2 Å². The van der Waals surface area contributed by atoms with Gasteiger partial charge in [0, 0.05) is 22.6 Å². The number of nitrogens with one attached hydrogen (secondary N) is 1. The van der Waals surface area contributed by atoms with Crippen LogP contribution in [0.5, 0.6) is 0 Å². The van der Waals surface area contributed by atoms with Crippen LogP contribution in [0, 0.1) is 11.6 Å². The second-order valence-corrected chi connectivity index (χ2v) is 4.74. The van der Waals surface area contributed by atoms with Gasteiger partial charge < -0.3 is 11.1 Å². The Morgan fingerprint density at radius 3 is 2.56 bits per heavy atom. The van der Waals surface area contributed by atoms with E-state index in [1.165, 1.54) is 12.1 Å². The van der Waals surface area contributed by atoms with Gasteiger partial charge in [0.1, 0.15) is 11.6 Å². The molecule has 0 aromatic heterocycles. The SMILES string of the molecule is Nc1cc(Br)ccc1NCc1ccc(F)cc1F. The van der Waals surface area contributed by atoms with E-state index in [0.717, 1.165) is 10.5 Å². The first-order valence-corrected chi connectivity index (χ1v) is 6.08. The number of anilines is 2. The highest BCUT2D eigenvalue weighted by atomic mass is 79.9. The second kappa shape index (κ2) is 5.35. The summed E-state index contributed by atoms with van der Waals surface area (Å²) >= 11 is 3.30. The molecule has 0 amide bonds. The number of hydrogen-bond acceptors (Lipinski definition) is 2. The molecule has 0 atom stereocenters. The quantitative estimate of drug-likeness (QED) is 0.843. The summed E-state index contributed by atoms with van der Waals surface area (Å²) in [5.41, 5.74) is 7.46. The van der Waals surface area contributed by atoms with Gasteiger partial charge in [-0.25, -0.2) is 8.78 Å². The van der Waals surface area contributed by atoms with Crippen molar-refractivity contribution in [1.82, 2.24) is 0 Å². The van der Waals surface area contributed by atoms with Crippen molar-refractivity contribution in [2.45, 2.75) is 6.54 Å². The van der Waals surface area contributed by atoms with E-state index in [1.807, 2.05) is 6.07 Å². The summed E-state index contributed by atoms with van der Waals surface area (Å²) in [4.78, 5) is 0. The van der Waals surface area contributed by atoms with Gasteiger partial charge in [-0.1, -0.05) is 22.0 Å². The molecule has 0 aliphatic rings. The summed E-state index contributed by atoms with van der Waals surface area (Å²) in [5.74, 6) is -1.16. The van der Waals surface area contributed by atoms with Gasteiger partial charge in [-0.2, -0.15) is 0 Å². The van der Waals surface area contributed by atoms with Crippen molar-refractivity contribution in [1.29, 1.82) is 0 Å². The molecule has 0 fully saturated rings. The third-order valence-corrected chi connectivity index (χ3v) is 2.99. The number of hydrogen-bond donors (Lipinski definition) is 2. The Bertz CT molecular complexity index is 521. The maximum atomic E-state index is 13.4. The molecule has 0 aliphatic carbocycles. The first-order chi connectivity index (χ1) is 8.56. The molecule has 2 aromatic carbocycles. The standard InChI is InChI=1S/C13H11BrF2N2/c14-9-2-4-13(12(17)5-9)18-7-8-1-3-10(15)6-11(8)16/h1-6,18H,7,17H2. The van der Waals surface area contributed by atoms with E-state index < -0.39 is 11.6 Å². The fourth-order valence-electron chi connectivity index (χ4n) is 1.55. The van der Waals surface area contributed by atoms with E-state index >= 15 is 0 Å². The monoisotopic (exact) mass is 312 g/mol. The van der Waals surface area contributed by atoms with Crippen molar-refractivity contribution < 1.29 is 8.78 Å². The Hall–Kier alpha value is -1.62. The number of nitrogens with two attached hydrogens (primary N) is 1. The van der Waals surface area contributed by atoms with Crippen LogP contribution in [0.25, 0.3) is 0 Å². The molecular weight excluding hydrogens is 302 g/mol. The largest absolute Gasteiger partial charge is 0.397 e. The van der Waals surface area contributed by atoms with Gasteiger partial charge in [-0.15, -0.1) is 0 Å². The molecule has 18 heavy (non-hydrogen) atoms. The maximum Gasteiger partial charge on any atom is 0.131 e. The summed E-state index contributed by atoms with van der Waals surface area (Å²) < 4.78 is 27.0. The lowest BCUT2D eigenvalue weighted by atomic mass is 10.2. The highest BCUT2D eigenvalue weighted by Gasteiger charge is 2.05. The van der Waals surface area contributed by atoms with Crippen LogP contribution in [0.4, 0.5) is 20.2 Å². The van der Waals surface area contributed by atoms with Gasteiger partial charge in [-0.05, 0) is 24.3 Å². The number of halogens is 3. The zero-order valence-corrected chi connectivity index (χ0v) is 11.0. The minimum Gasteiger partial charge on any atom is -0.397 e. The first-order valence-electron chi connectivity index (χ1n) is 5.29. The topological polar surface area (TPSA) is 38.0 Å². The number of nitrogen functional groups attached to an aromatic ring is 1. The van der Waals surface area contributed by atoms with Crippen molar-refractivity contribution in [3.8, 4) is 0 Å². The van der Waals surface area contributed by atoms with Crippen LogP contribution < -0.4 is 11.1 Å². The van der Waals surface area contributed by atoms with Crippen LogP contribution in [0.15, 0.2) is 40.9 Å². The molecule has 0 bridgehead atoms.